The van der Waals surface area contributed by atoms with Gasteiger partial charge in [0.15, 0.2) is 0 Å². The summed E-state index contributed by atoms with van der Waals surface area (Å²) in [4.78, 5) is 2.54. The second-order valence-electron chi connectivity index (χ2n) is 12.4. The zero-order valence-corrected chi connectivity index (χ0v) is 27.0. The summed E-state index contributed by atoms with van der Waals surface area (Å²) in [5, 5.41) is 7.37. The molecule has 0 aromatic heterocycles. The van der Waals surface area contributed by atoms with E-state index < -0.39 is 0 Å². The highest BCUT2D eigenvalue weighted by atomic mass is 15.2. The van der Waals surface area contributed by atoms with Crippen molar-refractivity contribution in [1.82, 2.24) is 0 Å². The summed E-state index contributed by atoms with van der Waals surface area (Å²) in [6.07, 6.45) is 0. The first-order valence-electron chi connectivity index (χ1n) is 16.9. The largest absolute Gasteiger partial charge is 0.308 e. The van der Waals surface area contributed by atoms with Gasteiger partial charge in [0.1, 0.15) is 0 Å². The van der Waals surface area contributed by atoms with E-state index >= 15 is 0 Å². The van der Waals surface area contributed by atoms with Gasteiger partial charge in [-0.1, -0.05) is 188 Å². The Bertz CT molecular complexity index is 2510. The SMILES string of the molecule is c1ccc(-c2ccccc2N(c2ccccc2-c2ccccc2)c2c(-c3cccc4ccccc34)c3ccccc3c3ccccc23)cc1. The standard InChI is InChI=1S/C48H33N/c1-3-18-35(19-4-1)38-25-13-15-32-45(38)49(46-33-16-14-26-39(46)36-20-5-2-6-21-36)48-44-30-12-10-28-41(44)40-27-9-11-29-43(40)47(48)42-31-17-23-34-22-7-8-24-37(34)42/h1-33H. The van der Waals surface area contributed by atoms with Crippen molar-refractivity contribution in [3.05, 3.63) is 200 Å². The van der Waals surface area contributed by atoms with E-state index in [-0.39, 0.29) is 0 Å². The van der Waals surface area contributed by atoms with E-state index in [1.807, 2.05) is 0 Å². The first kappa shape index (κ1) is 28.8. The maximum atomic E-state index is 2.54. The van der Waals surface area contributed by atoms with Gasteiger partial charge >= 0.3 is 0 Å². The Morgan fingerprint density at radius 1 is 0.265 bits per heavy atom. The second kappa shape index (κ2) is 12.3. The minimum absolute atomic E-state index is 1.12. The van der Waals surface area contributed by atoms with Crippen LogP contribution in [0.4, 0.5) is 17.1 Å². The van der Waals surface area contributed by atoms with Crippen molar-refractivity contribution in [3.8, 4) is 33.4 Å². The molecule has 1 nitrogen and oxygen atoms in total. The van der Waals surface area contributed by atoms with Crippen LogP contribution in [0.5, 0.6) is 0 Å². The highest BCUT2D eigenvalue weighted by molar-refractivity contribution is 6.25. The fraction of sp³-hybridized carbons (Fsp3) is 0. The van der Waals surface area contributed by atoms with E-state index in [1.165, 1.54) is 65.7 Å². The van der Waals surface area contributed by atoms with Crippen molar-refractivity contribution < 1.29 is 0 Å². The van der Waals surface area contributed by atoms with Crippen LogP contribution in [0.2, 0.25) is 0 Å². The molecular weight excluding hydrogens is 591 g/mol. The summed E-state index contributed by atoms with van der Waals surface area (Å²) in [5.41, 5.74) is 10.6. The van der Waals surface area contributed by atoms with Crippen LogP contribution in [0.3, 0.4) is 0 Å². The van der Waals surface area contributed by atoms with E-state index in [2.05, 4.69) is 205 Å². The summed E-state index contributed by atoms with van der Waals surface area (Å²) in [7, 11) is 0. The molecule has 0 amide bonds. The molecule has 0 atom stereocenters. The molecule has 9 rings (SSSR count). The molecule has 0 unspecified atom stereocenters. The molecular formula is C48H33N. The van der Waals surface area contributed by atoms with Gasteiger partial charge in [-0.3, -0.25) is 0 Å². The number of nitrogens with zero attached hydrogens (tertiary/aromatic N) is 1. The van der Waals surface area contributed by atoms with Gasteiger partial charge in [-0.2, -0.15) is 0 Å². The summed E-state index contributed by atoms with van der Waals surface area (Å²) in [6.45, 7) is 0. The number of hydrogen-bond acceptors (Lipinski definition) is 1. The normalized spacial score (nSPS) is 11.3. The van der Waals surface area contributed by atoms with Crippen LogP contribution in [0, 0.1) is 0 Å². The molecule has 0 spiro atoms. The Morgan fingerprint density at radius 3 is 1.29 bits per heavy atom. The minimum atomic E-state index is 1.12. The lowest BCUT2D eigenvalue weighted by Crippen LogP contribution is -2.14. The second-order valence-corrected chi connectivity index (χ2v) is 12.4. The predicted molar refractivity (Wildman–Crippen MR) is 210 cm³/mol. The number of rotatable bonds is 6. The first-order valence-corrected chi connectivity index (χ1v) is 16.9. The molecule has 49 heavy (non-hydrogen) atoms. The monoisotopic (exact) mass is 623 g/mol. The number of benzene rings is 9. The van der Waals surface area contributed by atoms with Crippen molar-refractivity contribution in [1.29, 1.82) is 0 Å². The van der Waals surface area contributed by atoms with Crippen LogP contribution < -0.4 is 4.90 Å². The molecule has 0 aliphatic heterocycles. The van der Waals surface area contributed by atoms with E-state index in [9.17, 15) is 0 Å². The smallest absolute Gasteiger partial charge is 0.0625 e. The summed E-state index contributed by atoms with van der Waals surface area (Å²) in [5.74, 6) is 0. The Labute approximate surface area is 287 Å². The first-order chi connectivity index (χ1) is 24.4. The fourth-order valence-corrected chi connectivity index (χ4v) is 7.50. The van der Waals surface area contributed by atoms with Crippen molar-refractivity contribution >= 4 is 49.4 Å². The molecule has 0 aliphatic rings. The zero-order valence-electron chi connectivity index (χ0n) is 27.0. The zero-order chi connectivity index (χ0) is 32.6. The van der Waals surface area contributed by atoms with Crippen LogP contribution in [0.15, 0.2) is 200 Å². The van der Waals surface area contributed by atoms with Crippen LogP contribution in [-0.4, -0.2) is 0 Å². The third kappa shape index (κ3) is 4.96. The van der Waals surface area contributed by atoms with Crippen molar-refractivity contribution in [2.45, 2.75) is 0 Å². The Kier molecular flexibility index (Phi) is 7.22. The molecule has 9 aromatic carbocycles. The van der Waals surface area contributed by atoms with E-state index in [0.717, 1.165) is 17.1 Å². The van der Waals surface area contributed by atoms with Gasteiger partial charge in [0.25, 0.3) is 0 Å². The third-order valence-electron chi connectivity index (χ3n) is 9.65. The van der Waals surface area contributed by atoms with Crippen LogP contribution >= 0.6 is 0 Å². The van der Waals surface area contributed by atoms with Crippen molar-refractivity contribution in [2.75, 3.05) is 4.90 Å². The van der Waals surface area contributed by atoms with Gasteiger partial charge in [-0.05, 0) is 55.8 Å². The Balaban J connectivity index is 1.50. The molecule has 0 radical (unpaired) electrons. The lowest BCUT2D eigenvalue weighted by molar-refractivity contribution is 1.30. The molecule has 1 heteroatoms. The van der Waals surface area contributed by atoms with Crippen LogP contribution in [0.25, 0.3) is 65.7 Å². The molecule has 0 heterocycles. The molecule has 0 bridgehead atoms. The molecule has 0 saturated carbocycles. The molecule has 230 valence electrons. The third-order valence-corrected chi connectivity index (χ3v) is 9.65. The van der Waals surface area contributed by atoms with Gasteiger partial charge in [0.05, 0.1) is 17.1 Å². The summed E-state index contributed by atoms with van der Waals surface area (Å²) in [6, 6.07) is 72.5. The number of hydrogen-bond donors (Lipinski definition) is 0. The van der Waals surface area contributed by atoms with Crippen molar-refractivity contribution in [3.63, 3.8) is 0 Å². The van der Waals surface area contributed by atoms with Gasteiger partial charge < -0.3 is 4.90 Å². The highest BCUT2D eigenvalue weighted by Crippen LogP contribution is 2.53. The minimum Gasteiger partial charge on any atom is -0.308 e. The van der Waals surface area contributed by atoms with E-state index in [0.29, 0.717) is 0 Å². The van der Waals surface area contributed by atoms with Gasteiger partial charge in [0, 0.05) is 22.1 Å². The lowest BCUT2D eigenvalue weighted by atomic mass is 9.87. The fourth-order valence-electron chi connectivity index (χ4n) is 7.50. The van der Waals surface area contributed by atoms with Gasteiger partial charge in [0.2, 0.25) is 0 Å². The number of fused-ring (bicyclic) bond motifs is 4. The maximum absolute atomic E-state index is 2.54. The topological polar surface area (TPSA) is 3.24 Å². The quantitative estimate of drug-likeness (QED) is 0.167. The Morgan fingerprint density at radius 2 is 0.673 bits per heavy atom. The predicted octanol–water partition coefficient (Wildman–Crippen LogP) is 13.6. The number of para-hydroxylation sites is 2. The Hall–Kier alpha value is -6.44. The van der Waals surface area contributed by atoms with E-state index in [1.54, 1.807) is 0 Å². The highest BCUT2D eigenvalue weighted by Gasteiger charge is 2.27. The molecule has 0 saturated heterocycles. The van der Waals surface area contributed by atoms with E-state index in [4.69, 9.17) is 0 Å². The van der Waals surface area contributed by atoms with Crippen LogP contribution in [0.1, 0.15) is 0 Å². The molecule has 0 fully saturated rings. The average Bonchev–Trinajstić information content (AvgIpc) is 3.19. The van der Waals surface area contributed by atoms with Gasteiger partial charge in [-0.25, -0.2) is 0 Å². The average molecular weight is 624 g/mol. The van der Waals surface area contributed by atoms with Gasteiger partial charge in [-0.15, -0.1) is 0 Å². The van der Waals surface area contributed by atoms with Crippen molar-refractivity contribution in [2.24, 2.45) is 0 Å². The lowest BCUT2D eigenvalue weighted by Gasteiger charge is -2.33. The van der Waals surface area contributed by atoms with Crippen LogP contribution in [-0.2, 0) is 0 Å². The summed E-state index contributed by atoms with van der Waals surface area (Å²) >= 11 is 0. The maximum Gasteiger partial charge on any atom is 0.0625 e. The molecule has 0 aliphatic carbocycles. The number of anilines is 3. The summed E-state index contributed by atoms with van der Waals surface area (Å²) < 4.78 is 0. The molecule has 0 N–H and O–H groups in total. The molecule has 9 aromatic rings.